The number of carbonyl (C=O) groups is 3. The van der Waals surface area contributed by atoms with E-state index in [2.05, 4.69) is 5.32 Å². The Bertz CT molecular complexity index is 2780. The van der Waals surface area contributed by atoms with Crippen molar-refractivity contribution in [2.45, 2.75) is 6.18 Å². The second kappa shape index (κ2) is 19.9. The molecule has 7 rings (SSSR count). The summed E-state index contributed by atoms with van der Waals surface area (Å²) >= 11 is 5.28. The molecule has 0 unspecified atom stereocenters. The van der Waals surface area contributed by atoms with Gasteiger partial charge in [-0.05, 0) is 125 Å². The maximum Gasteiger partial charge on any atom is 0.416 e. The van der Waals surface area contributed by atoms with Gasteiger partial charge in [0.05, 0.1) is 16.7 Å². The molecule has 7 aromatic carbocycles. The molecule has 0 saturated carbocycles. The number of phenolic OH excluding ortho intramolecular Hbond substituents is 2. The molecule has 0 aliphatic carbocycles. The van der Waals surface area contributed by atoms with Crippen molar-refractivity contribution in [1.29, 1.82) is 0 Å². The molecule has 0 aromatic heterocycles. The van der Waals surface area contributed by atoms with Crippen LogP contribution in [0, 0.1) is 34.9 Å². The highest BCUT2D eigenvalue weighted by Gasteiger charge is 2.30. The number of carbonyl (C=O) groups excluding carboxylic acids is 2. The van der Waals surface area contributed by atoms with Crippen molar-refractivity contribution >= 4 is 34.4 Å². The Hall–Kier alpha value is -7.79. The van der Waals surface area contributed by atoms with Crippen molar-refractivity contribution in [3.63, 3.8) is 0 Å². The summed E-state index contributed by atoms with van der Waals surface area (Å²) in [6.07, 6.45) is -4.51. The lowest BCUT2D eigenvalue weighted by atomic mass is 10.0. The number of anilines is 1. The molecular formula is C46H27ClF9NO7. The van der Waals surface area contributed by atoms with Crippen molar-refractivity contribution in [1.82, 2.24) is 0 Å². The van der Waals surface area contributed by atoms with Gasteiger partial charge in [-0.15, -0.1) is 0 Å². The number of halogens is 10. The fourth-order valence-corrected chi connectivity index (χ4v) is 5.88. The van der Waals surface area contributed by atoms with Crippen LogP contribution in [0.15, 0.2) is 133 Å². The lowest BCUT2D eigenvalue weighted by Crippen LogP contribution is -2.13. The molecule has 5 N–H and O–H groups in total. The Morgan fingerprint density at radius 2 is 0.828 bits per heavy atom. The second-order valence-electron chi connectivity index (χ2n) is 13.2. The number of aromatic hydroxyl groups is 3. The topological polar surface area (TPSA) is 144 Å². The third-order valence-corrected chi connectivity index (χ3v) is 9.08. The van der Waals surface area contributed by atoms with E-state index in [0.29, 0.717) is 17.7 Å². The van der Waals surface area contributed by atoms with Crippen LogP contribution < -0.4 is 5.32 Å². The fourth-order valence-electron chi connectivity index (χ4n) is 5.73. The monoisotopic (exact) mass is 911 g/mol. The predicted molar refractivity (Wildman–Crippen MR) is 217 cm³/mol. The largest absolute Gasteiger partial charge is 0.507 e. The summed E-state index contributed by atoms with van der Waals surface area (Å²) in [7, 11) is 0. The van der Waals surface area contributed by atoms with Crippen LogP contribution in [0.1, 0.15) is 36.6 Å². The Kier molecular flexibility index (Phi) is 14.7. The first kappa shape index (κ1) is 47.3. The Morgan fingerprint density at radius 1 is 0.469 bits per heavy atom. The first-order chi connectivity index (χ1) is 30.1. The molecule has 1 amide bonds. The maximum atomic E-state index is 14.0. The SMILES string of the molecule is O=C(Cl)c1cc(-c2ccc(F)cc2F)ccc1O.O=C(Nc1ccc(C(F)(F)F)cc1)c1cc(-c2ccc(F)cc2F)ccc1O.O=C(O)c1cc(-c2ccc(F)cc2F)ccc1O. The van der Waals surface area contributed by atoms with Gasteiger partial charge in [-0.25, -0.2) is 31.1 Å². The minimum absolute atomic E-state index is 0.0185. The molecule has 0 heterocycles. The summed E-state index contributed by atoms with van der Waals surface area (Å²) < 4.78 is 117. The Labute approximate surface area is 360 Å². The number of rotatable bonds is 7. The molecule has 0 atom stereocenters. The Morgan fingerprint density at radius 3 is 1.19 bits per heavy atom. The molecule has 64 heavy (non-hydrogen) atoms. The van der Waals surface area contributed by atoms with Crippen LogP contribution in [-0.2, 0) is 6.18 Å². The molecule has 7 aromatic rings. The van der Waals surface area contributed by atoms with E-state index in [0.717, 1.165) is 60.7 Å². The first-order valence-corrected chi connectivity index (χ1v) is 18.3. The summed E-state index contributed by atoms with van der Waals surface area (Å²) in [6, 6.07) is 24.0. The van der Waals surface area contributed by atoms with Crippen LogP contribution in [0.4, 0.5) is 45.2 Å². The number of alkyl halides is 3. The lowest BCUT2D eigenvalue weighted by molar-refractivity contribution is -0.137. The van der Waals surface area contributed by atoms with Crippen LogP contribution in [0.2, 0.25) is 0 Å². The van der Waals surface area contributed by atoms with Crippen molar-refractivity contribution in [3.8, 4) is 50.6 Å². The van der Waals surface area contributed by atoms with Gasteiger partial charge in [-0.1, -0.05) is 18.2 Å². The number of hydrogen-bond acceptors (Lipinski definition) is 6. The van der Waals surface area contributed by atoms with Gasteiger partial charge in [-0.3, -0.25) is 9.59 Å². The normalized spacial score (nSPS) is 10.8. The van der Waals surface area contributed by atoms with E-state index in [9.17, 15) is 69.2 Å². The lowest BCUT2D eigenvalue weighted by Gasteiger charge is -2.11. The third kappa shape index (κ3) is 11.8. The van der Waals surface area contributed by atoms with Crippen LogP contribution in [0.25, 0.3) is 33.4 Å². The summed E-state index contributed by atoms with van der Waals surface area (Å²) in [5.74, 6) is -7.80. The van der Waals surface area contributed by atoms with Gasteiger partial charge in [0.25, 0.3) is 11.1 Å². The summed E-state index contributed by atoms with van der Waals surface area (Å²) in [5, 5.41) is 39.0. The number of nitrogens with one attached hydrogen (secondary N) is 1. The zero-order valence-corrected chi connectivity index (χ0v) is 32.8. The molecule has 0 aliphatic rings. The van der Waals surface area contributed by atoms with E-state index in [1.807, 2.05) is 0 Å². The molecule has 0 fully saturated rings. The molecular weight excluding hydrogens is 885 g/mol. The van der Waals surface area contributed by atoms with E-state index in [1.165, 1.54) is 60.7 Å². The molecule has 0 aliphatic heterocycles. The van der Waals surface area contributed by atoms with Crippen LogP contribution >= 0.6 is 11.6 Å². The number of amides is 1. The van der Waals surface area contributed by atoms with E-state index in [1.54, 1.807) is 0 Å². The molecule has 8 nitrogen and oxygen atoms in total. The summed E-state index contributed by atoms with van der Waals surface area (Å²) in [6.45, 7) is 0. The van der Waals surface area contributed by atoms with Crippen LogP contribution in [-0.4, -0.2) is 37.5 Å². The van der Waals surface area contributed by atoms with Crippen LogP contribution in [0.5, 0.6) is 17.2 Å². The number of hydrogen-bond donors (Lipinski definition) is 5. The first-order valence-electron chi connectivity index (χ1n) is 17.9. The van der Waals surface area contributed by atoms with Crippen molar-refractivity contribution in [2.75, 3.05) is 5.32 Å². The predicted octanol–water partition coefficient (Wildman–Crippen LogP) is 12.4. The standard InChI is InChI=1S/C20H12F5NO2.C13H7ClF2O2.C13H8F2O3/c21-13-4-7-15(17(22)10-13)11-1-8-18(27)16(9-11)19(28)26-14-5-2-12(3-6-14)20(23,24)25;14-13(18)10-5-7(1-4-12(10)17)9-3-2-8(15)6-11(9)16;14-8-2-3-9(11(15)6-8)7-1-4-12(16)10(5-7)13(17)18/h1-10,27H,(H,26,28);1-6,17H;1-6,16H,(H,17,18). The minimum atomic E-state index is -4.51. The molecule has 0 saturated heterocycles. The minimum Gasteiger partial charge on any atom is -0.507 e. The Balaban J connectivity index is 0.000000188. The average Bonchev–Trinajstić information content (AvgIpc) is 3.22. The van der Waals surface area contributed by atoms with Gasteiger partial charge in [0.15, 0.2) is 0 Å². The number of aromatic carboxylic acids is 1. The van der Waals surface area contributed by atoms with Crippen molar-refractivity contribution in [2.24, 2.45) is 0 Å². The average molecular weight is 912 g/mol. The van der Waals surface area contributed by atoms with Crippen molar-refractivity contribution < 1.29 is 74.3 Å². The number of benzene rings is 7. The molecule has 0 bridgehead atoms. The highest BCUT2D eigenvalue weighted by Crippen LogP contribution is 2.33. The molecule has 0 radical (unpaired) electrons. The number of carboxylic acids is 1. The summed E-state index contributed by atoms with van der Waals surface area (Å²) in [4.78, 5) is 34.3. The molecule has 0 spiro atoms. The highest BCUT2D eigenvalue weighted by molar-refractivity contribution is 6.68. The molecule has 328 valence electrons. The number of phenols is 3. The van der Waals surface area contributed by atoms with Gasteiger partial charge in [0, 0.05) is 40.6 Å². The zero-order valence-electron chi connectivity index (χ0n) is 32.0. The fraction of sp³-hybridized carbons (Fsp3) is 0.0217. The van der Waals surface area contributed by atoms with Gasteiger partial charge in [0.1, 0.15) is 57.7 Å². The van der Waals surface area contributed by atoms with E-state index in [-0.39, 0.29) is 55.9 Å². The van der Waals surface area contributed by atoms with Gasteiger partial charge >= 0.3 is 12.1 Å². The van der Waals surface area contributed by atoms with Crippen LogP contribution in [0.3, 0.4) is 0 Å². The van der Waals surface area contributed by atoms with Gasteiger partial charge in [0.2, 0.25) is 0 Å². The van der Waals surface area contributed by atoms with Gasteiger partial charge < -0.3 is 25.7 Å². The van der Waals surface area contributed by atoms with E-state index >= 15 is 0 Å². The summed E-state index contributed by atoms with van der Waals surface area (Å²) in [5.41, 5.74) is -0.475. The second-order valence-corrected chi connectivity index (χ2v) is 13.5. The highest BCUT2D eigenvalue weighted by atomic mass is 35.5. The quantitative estimate of drug-likeness (QED) is 0.0791. The molecule has 18 heteroatoms. The van der Waals surface area contributed by atoms with E-state index < -0.39 is 75.3 Å². The number of carboxylic acid groups (broad SMARTS) is 1. The van der Waals surface area contributed by atoms with Crippen molar-refractivity contribution in [3.05, 3.63) is 191 Å². The third-order valence-electron chi connectivity index (χ3n) is 8.87. The zero-order chi connectivity index (χ0) is 47.0. The van der Waals surface area contributed by atoms with Gasteiger partial charge in [-0.2, -0.15) is 13.2 Å². The maximum absolute atomic E-state index is 14.0. The smallest absolute Gasteiger partial charge is 0.416 e. The van der Waals surface area contributed by atoms with E-state index in [4.69, 9.17) is 16.7 Å².